The number of nitrogens with zero attached hydrogens (tertiary/aromatic N) is 1. The van der Waals surface area contributed by atoms with Crippen LogP contribution in [-0.2, 0) is 5.41 Å². The highest BCUT2D eigenvalue weighted by Crippen LogP contribution is 2.55. The molecule has 0 fully saturated rings. The first-order valence-corrected chi connectivity index (χ1v) is 23.0. The van der Waals surface area contributed by atoms with E-state index in [1.54, 1.807) is 5.57 Å². The van der Waals surface area contributed by atoms with Gasteiger partial charge in [0.25, 0.3) is 0 Å². The Labute approximate surface area is 373 Å². The highest BCUT2D eigenvalue weighted by Gasteiger charge is 2.39. The van der Waals surface area contributed by atoms with Crippen molar-refractivity contribution in [3.63, 3.8) is 0 Å². The zero-order valence-corrected chi connectivity index (χ0v) is 36.3. The topological polar surface area (TPSA) is 3.24 Å². The van der Waals surface area contributed by atoms with Crippen molar-refractivity contribution in [3.8, 4) is 44.5 Å². The van der Waals surface area contributed by atoms with E-state index >= 15 is 0 Å². The molecule has 63 heavy (non-hydrogen) atoms. The molecule has 300 valence electrons. The van der Waals surface area contributed by atoms with Crippen LogP contribution in [0.2, 0.25) is 0 Å². The third-order valence-electron chi connectivity index (χ3n) is 13.6. The molecule has 1 heterocycles. The van der Waals surface area contributed by atoms with Crippen molar-refractivity contribution >= 4 is 64.9 Å². The molecule has 2 aliphatic rings. The van der Waals surface area contributed by atoms with Crippen LogP contribution in [0.25, 0.3) is 81.0 Å². The molecule has 2 aliphatic carbocycles. The molecule has 9 aromatic carbocycles. The number of anilines is 3. The van der Waals surface area contributed by atoms with Crippen LogP contribution in [0, 0.1) is 0 Å². The molecular formula is C61H45NS. The van der Waals surface area contributed by atoms with Crippen LogP contribution in [0.5, 0.6) is 0 Å². The van der Waals surface area contributed by atoms with E-state index in [9.17, 15) is 0 Å². The van der Waals surface area contributed by atoms with Crippen LogP contribution >= 0.6 is 11.3 Å². The van der Waals surface area contributed by atoms with Gasteiger partial charge in [-0.05, 0) is 110 Å². The second kappa shape index (κ2) is 15.0. The van der Waals surface area contributed by atoms with E-state index in [2.05, 4.69) is 231 Å². The van der Waals surface area contributed by atoms with Crippen LogP contribution in [0.3, 0.4) is 0 Å². The molecule has 0 amide bonds. The van der Waals surface area contributed by atoms with Crippen LogP contribution in [0.1, 0.15) is 37.8 Å². The fraction of sp³-hybridized carbons (Fsp3) is 0.0820. The lowest BCUT2D eigenvalue weighted by atomic mass is 9.78. The summed E-state index contributed by atoms with van der Waals surface area (Å²) in [6.45, 7) is 4.83. The van der Waals surface area contributed by atoms with Crippen LogP contribution < -0.4 is 4.90 Å². The summed E-state index contributed by atoms with van der Waals surface area (Å²) in [5.41, 5.74) is 18.9. The van der Waals surface area contributed by atoms with Crippen LogP contribution in [-0.4, -0.2) is 0 Å². The molecule has 0 saturated heterocycles. The Balaban J connectivity index is 1.06. The molecule has 0 radical (unpaired) electrons. The van der Waals surface area contributed by atoms with Crippen LogP contribution in [0.4, 0.5) is 17.1 Å². The fourth-order valence-corrected chi connectivity index (χ4v) is 11.8. The van der Waals surface area contributed by atoms with Crippen molar-refractivity contribution in [2.75, 3.05) is 4.90 Å². The van der Waals surface area contributed by atoms with Gasteiger partial charge in [-0.25, -0.2) is 0 Å². The summed E-state index contributed by atoms with van der Waals surface area (Å²) < 4.78 is 2.62. The largest absolute Gasteiger partial charge is 0.309 e. The summed E-state index contributed by atoms with van der Waals surface area (Å²) in [5, 5.41) is 5.14. The molecule has 0 spiro atoms. The zero-order valence-electron chi connectivity index (χ0n) is 35.5. The first-order valence-electron chi connectivity index (χ1n) is 22.1. The Morgan fingerprint density at radius 1 is 0.476 bits per heavy atom. The van der Waals surface area contributed by atoms with Crippen molar-refractivity contribution in [2.24, 2.45) is 0 Å². The van der Waals surface area contributed by atoms with E-state index in [4.69, 9.17) is 0 Å². The van der Waals surface area contributed by atoms with Gasteiger partial charge in [-0.15, -0.1) is 11.3 Å². The Morgan fingerprint density at radius 2 is 1.08 bits per heavy atom. The Hall–Kier alpha value is -7.26. The molecular weight excluding hydrogens is 779 g/mol. The lowest BCUT2D eigenvalue weighted by Crippen LogP contribution is -2.17. The van der Waals surface area contributed by atoms with Gasteiger partial charge in [-0.3, -0.25) is 0 Å². The van der Waals surface area contributed by atoms with Gasteiger partial charge in [0.2, 0.25) is 0 Å². The Morgan fingerprint density at radius 3 is 1.87 bits per heavy atom. The lowest BCUT2D eigenvalue weighted by Gasteiger charge is -2.30. The summed E-state index contributed by atoms with van der Waals surface area (Å²) in [6, 6.07) is 74.2. The zero-order chi connectivity index (χ0) is 42.1. The van der Waals surface area contributed by atoms with Crippen molar-refractivity contribution in [2.45, 2.75) is 32.1 Å². The average molecular weight is 824 g/mol. The summed E-state index contributed by atoms with van der Waals surface area (Å²) in [4.78, 5) is 2.51. The maximum Gasteiger partial charge on any atom is 0.0540 e. The van der Waals surface area contributed by atoms with Gasteiger partial charge in [0, 0.05) is 42.4 Å². The van der Waals surface area contributed by atoms with Gasteiger partial charge in [-0.2, -0.15) is 0 Å². The third kappa shape index (κ3) is 6.12. The van der Waals surface area contributed by atoms with E-state index in [-0.39, 0.29) is 5.41 Å². The standard InChI is InChI=1S/C61H45NS/c1-61(2)53-28-10-6-24-52(53)60-51(27-16-29-54(60)61)48-22-8-12-31-56(48)62(55-30-11-7-21-45(55)43-35-38-50-49-23-9-13-32-57(49)63-58(50)39-43)44-36-33-41(34-37-44)47-26-15-20-42-19-14-25-46(59(42)47)40-17-4-3-5-18-40/h3-9,11-27,29-39H,10,28H2,1-2H3. The quantitative estimate of drug-likeness (QED) is 0.155. The smallest absolute Gasteiger partial charge is 0.0540 e. The predicted molar refractivity (Wildman–Crippen MR) is 272 cm³/mol. The third-order valence-corrected chi connectivity index (χ3v) is 14.8. The van der Waals surface area contributed by atoms with Crippen molar-refractivity contribution < 1.29 is 0 Å². The van der Waals surface area contributed by atoms with E-state index in [0.29, 0.717) is 0 Å². The van der Waals surface area contributed by atoms with Crippen molar-refractivity contribution in [3.05, 3.63) is 229 Å². The van der Waals surface area contributed by atoms with Gasteiger partial charge in [-0.1, -0.05) is 195 Å². The van der Waals surface area contributed by atoms with Crippen molar-refractivity contribution in [1.29, 1.82) is 0 Å². The molecule has 2 heteroatoms. The van der Waals surface area contributed by atoms with E-state index < -0.39 is 0 Å². The molecule has 12 rings (SSSR count). The number of hydrogen-bond acceptors (Lipinski definition) is 2. The molecule has 0 bridgehead atoms. The number of allylic oxidation sites excluding steroid dienone is 4. The first kappa shape index (κ1) is 37.5. The lowest BCUT2D eigenvalue weighted by molar-refractivity contribution is 0.607. The molecule has 0 unspecified atom stereocenters. The van der Waals surface area contributed by atoms with Gasteiger partial charge in [0.1, 0.15) is 0 Å². The van der Waals surface area contributed by atoms with Crippen LogP contribution in [0.15, 0.2) is 218 Å². The van der Waals surface area contributed by atoms with Gasteiger partial charge in [0.05, 0.1) is 11.4 Å². The maximum atomic E-state index is 2.51. The van der Waals surface area contributed by atoms with E-state index in [1.165, 1.54) is 92.2 Å². The van der Waals surface area contributed by atoms with Gasteiger partial charge >= 0.3 is 0 Å². The summed E-state index contributed by atoms with van der Waals surface area (Å²) in [5.74, 6) is 0. The number of benzene rings is 9. The predicted octanol–water partition coefficient (Wildman–Crippen LogP) is 17.7. The highest BCUT2D eigenvalue weighted by molar-refractivity contribution is 7.25. The van der Waals surface area contributed by atoms with E-state index in [0.717, 1.165) is 29.9 Å². The van der Waals surface area contributed by atoms with Gasteiger partial charge < -0.3 is 4.90 Å². The number of thiophene rings is 1. The minimum Gasteiger partial charge on any atom is -0.309 e. The first-order chi connectivity index (χ1) is 31.0. The Bertz CT molecular complexity index is 3470. The highest BCUT2D eigenvalue weighted by atomic mass is 32.1. The second-order valence-electron chi connectivity index (χ2n) is 17.5. The fourth-order valence-electron chi connectivity index (χ4n) is 10.6. The molecule has 0 saturated carbocycles. The second-order valence-corrected chi connectivity index (χ2v) is 18.6. The minimum atomic E-state index is -0.0181. The minimum absolute atomic E-state index is 0.0181. The normalized spacial score (nSPS) is 14.1. The number of rotatable bonds is 7. The molecule has 0 N–H and O–H groups in total. The van der Waals surface area contributed by atoms with E-state index in [1.807, 2.05) is 11.3 Å². The Kier molecular flexibility index (Phi) is 8.91. The van der Waals surface area contributed by atoms with Crippen molar-refractivity contribution in [1.82, 2.24) is 0 Å². The molecule has 0 aliphatic heterocycles. The number of hydrogen-bond donors (Lipinski definition) is 0. The SMILES string of the molecule is CC1(C)C2=C(C=CCC2)c2c(-c3ccccc3N(c3ccc(-c4cccc5cccc(-c6ccccc6)c45)cc3)c3ccccc3-c3ccc4c(c3)sc3ccccc34)cccc21. The average Bonchev–Trinajstić information content (AvgIpc) is 3.83. The summed E-state index contributed by atoms with van der Waals surface area (Å²) in [6.07, 6.45) is 6.96. The molecule has 0 atom stereocenters. The molecule has 10 aromatic rings. The number of para-hydroxylation sites is 2. The number of fused-ring (bicyclic) bond motifs is 6. The molecule has 1 nitrogen and oxygen atoms in total. The van der Waals surface area contributed by atoms with Gasteiger partial charge in [0.15, 0.2) is 0 Å². The summed E-state index contributed by atoms with van der Waals surface area (Å²) >= 11 is 1.87. The molecule has 1 aromatic heterocycles. The maximum absolute atomic E-state index is 2.51. The monoisotopic (exact) mass is 823 g/mol. The summed E-state index contributed by atoms with van der Waals surface area (Å²) in [7, 11) is 0.